The number of benzene rings is 2. The number of halogens is 1. The molecule has 1 heterocycles. The molecule has 0 aliphatic carbocycles. The Morgan fingerprint density at radius 2 is 2.00 bits per heavy atom. The number of nitrogens with zero attached hydrogens (tertiary/aromatic N) is 2. The number of thiazole rings is 1. The molecule has 3 aromatic rings. The summed E-state index contributed by atoms with van der Waals surface area (Å²) in [5.74, 6) is 1.30. The summed E-state index contributed by atoms with van der Waals surface area (Å²) in [6.45, 7) is 0. The molecule has 0 saturated carbocycles. The Morgan fingerprint density at radius 3 is 2.74 bits per heavy atom. The van der Waals surface area contributed by atoms with Crippen LogP contribution in [0.1, 0.15) is 5.56 Å². The van der Waals surface area contributed by atoms with Crippen molar-refractivity contribution in [3.8, 4) is 11.5 Å². The third kappa shape index (κ3) is 3.30. The Kier molecular flexibility index (Phi) is 4.78. The highest BCUT2D eigenvalue weighted by molar-refractivity contribution is 9.10. The van der Waals surface area contributed by atoms with E-state index < -0.39 is 0 Å². The van der Waals surface area contributed by atoms with Crippen molar-refractivity contribution in [1.29, 1.82) is 0 Å². The van der Waals surface area contributed by atoms with E-state index in [2.05, 4.69) is 31.4 Å². The summed E-state index contributed by atoms with van der Waals surface area (Å²) >= 11 is 5.07. The highest BCUT2D eigenvalue weighted by Gasteiger charge is 2.11. The maximum absolute atomic E-state index is 5.35. The number of ether oxygens (including phenoxy) is 2. The van der Waals surface area contributed by atoms with E-state index in [0.717, 1.165) is 25.4 Å². The predicted octanol–water partition coefficient (Wildman–Crippen LogP) is 4.52. The minimum absolute atomic E-state index is 0.636. The first-order valence-electron chi connectivity index (χ1n) is 6.78. The van der Waals surface area contributed by atoms with Crippen LogP contribution in [-0.2, 0) is 0 Å². The van der Waals surface area contributed by atoms with Gasteiger partial charge in [0.25, 0.3) is 0 Å². The maximum atomic E-state index is 5.35. The summed E-state index contributed by atoms with van der Waals surface area (Å²) in [6, 6.07) is 11.7. The Bertz CT molecular complexity index is 831. The van der Waals surface area contributed by atoms with Crippen molar-refractivity contribution in [3.05, 3.63) is 46.4 Å². The molecule has 1 N–H and O–H groups in total. The third-order valence-electron chi connectivity index (χ3n) is 3.17. The molecule has 7 heteroatoms. The van der Waals surface area contributed by atoms with Crippen molar-refractivity contribution in [1.82, 2.24) is 4.98 Å². The van der Waals surface area contributed by atoms with Crippen LogP contribution in [0.4, 0.5) is 5.13 Å². The molecule has 0 fully saturated rings. The minimum Gasteiger partial charge on any atom is -0.493 e. The average molecular weight is 392 g/mol. The number of fused-ring (bicyclic) bond motifs is 1. The van der Waals surface area contributed by atoms with Gasteiger partial charge in [-0.3, -0.25) is 5.43 Å². The highest BCUT2D eigenvalue weighted by atomic mass is 79.9. The number of aromatic nitrogens is 1. The summed E-state index contributed by atoms with van der Waals surface area (Å²) in [5, 5.41) is 4.99. The summed E-state index contributed by atoms with van der Waals surface area (Å²) < 4.78 is 12.5. The van der Waals surface area contributed by atoms with E-state index in [1.165, 1.54) is 0 Å². The number of anilines is 1. The van der Waals surface area contributed by atoms with Crippen LogP contribution in [0.25, 0.3) is 10.2 Å². The fourth-order valence-corrected chi connectivity index (χ4v) is 3.49. The van der Waals surface area contributed by atoms with E-state index >= 15 is 0 Å². The van der Waals surface area contributed by atoms with Gasteiger partial charge in [0.1, 0.15) is 0 Å². The number of hydrazone groups is 1. The summed E-state index contributed by atoms with van der Waals surface area (Å²) in [6.07, 6.45) is 1.71. The number of methoxy groups -OCH3 is 2. The predicted molar refractivity (Wildman–Crippen MR) is 98.1 cm³/mol. The van der Waals surface area contributed by atoms with Crippen molar-refractivity contribution in [2.24, 2.45) is 5.10 Å². The Balaban J connectivity index is 1.80. The number of hydrogen-bond donors (Lipinski definition) is 1. The van der Waals surface area contributed by atoms with Gasteiger partial charge in [0, 0.05) is 5.56 Å². The van der Waals surface area contributed by atoms with Crippen molar-refractivity contribution < 1.29 is 9.47 Å². The first-order chi connectivity index (χ1) is 11.2. The largest absolute Gasteiger partial charge is 0.493 e. The van der Waals surface area contributed by atoms with Crippen LogP contribution in [-0.4, -0.2) is 25.4 Å². The van der Waals surface area contributed by atoms with Gasteiger partial charge in [-0.05, 0) is 40.2 Å². The lowest BCUT2D eigenvalue weighted by Crippen LogP contribution is -1.96. The van der Waals surface area contributed by atoms with E-state index in [1.54, 1.807) is 31.8 Å². The quantitative estimate of drug-likeness (QED) is 0.512. The molecule has 0 spiro atoms. The van der Waals surface area contributed by atoms with Crippen LogP contribution in [0.2, 0.25) is 0 Å². The molecule has 1 aromatic heterocycles. The Labute approximate surface area is 146 Å². The van der Waals surface area contributed by atoms with Crippen molar-refractivity contribution in [2.45, 2.75) is 0 Å². The topological polar surface area (TPSA) is 55.7 Å². The number of nitrogens with one attached hydrogen (secondary N) is 1. The molecule has 0 atom stereocenters. The van der Waals surface area contributed by atoms with Crippen LogP contribution in [0.5, 0.6) is 11.5 Å². The fourth-order valence-electron chi connectivity index (χ4n) is 2.08. The average Bonchev–Trinajstić information content (AvgIpc) is 2.98. The fraction of sp³-hybridized carbons (Fsp3) is 0.125. The SMILES string of the molecule is COc1ccc(/C=N\Nc2nc3ccccc3s2)c(Br)c1OC. The van der Waals surface area contributed by atoms with Gasteiger partial charge < -0.3 is 9.47 Å². The first-order valence-corrected chi connectivity index (χ1v) is 8.39. The first kappa shape index (κ1) is 15.8. The van der Waals surface area contributed by atoms with Crippen LogP contribution >= 0.6 is 27.3 Å². The third-order valence-corrected chi connectivity index (χ3v) is 4.93. The van der Waals surface area contributed by atoms with Crippen molar-refractivity contribution >= 4 is 48.8 Å². The molecule has 0 aliphatic heterocycles. The van der Waals surface area contributed by atoms with Crippen LogP contribution < -0.4 is 14.9 Å². The van der Waals surface area contributed by atoms with Gasteiger partial charge in [-0.2, -0.15) is 5.10 Å². The Morgan fingerprint density at radius 1 is 1.17 bits per heavy atom. The monoisotopic (exact) mass is 391 g/mol. The van der Waals surface area contributed by atoms with Gasteiger partial charge in [0.15, 0.2) is 11.5 Å². The molecule has 0 aliphatic rings. The molecule has 118 valence electrons. The van der Waals surface area contributed by atoms with E-state index in [1.807, 2.05) is 36.4 Å². The van der Waals surface area contributed by atoms with E-state index in [9.17, 15) is 0 Å². The zero-order valence-electron chi connectivity index (χ0n) is 12.5. The minimum atomic E-state index is 0.636. The molecule has 0 saturated heterocycles. The zero-order valence-corrected chi connectivity index (χ0v) is 14.9. The molecule has 2 aromatic carbocycles. The number of rotatable bonds is 5. The second-order valence-corrected chi connectivity index (χ2v) is 6.38. The lowest BCUT2D eigenvalue weighted by molar-refractivity contribution is 0.353. The maximum Gasteiger partial charge on any atom is 0.204 e. The van der Waals surface area contributed by atoms with E-state index in [0.29, 0.717) is 11.5 Å². The molecule has 0 radical (unpaired) electrons. The summed E-state index contributed by atoms with van der Waals surface area (Å²) in [4.78, 5) is 4.46. The number of para-hydroxylation sites is 1. The molecular weight excluding hydrogens is 378 g/mol. The molecule has 3 rings (SSSR count). The van der Waals surface area contributed by atoms with Gasteiger partial charge in [0.05, 0.1) is 35.1 Å². The van der Waals surface area contributed by atoms with Gasteiger partial charge in [-0.25, -0.2) is 4.98 Å². The normalized spacial score (nSPS) is 11.1. The molecule has 0 bridgehead atoms. The number of hydrogen-bond acceptors (Lipinski definition) is 6. The second kappa shape index (κ2) is 6.97. The molecular formula is C16H14BrN3O2S. The van der Waals surface area contributed by atoms with Crippen LogP contribution in [0, 0.1) is 0 Å². The van der Waals surface area contributed by atoms with Gasteiger partial charge >= 0.3 is 0 Å². The summed E-state index contributed by atoms with van der Waals surface area (Å²) in [7, 11) is 3.20. The van der Waals surface area contributed by atoms with Crippen molar-refractivity contribution in [2.75, 3.05) is 19.6 Å². The van der Waals surface area contributed by atoms with E-state index in [4.69, 9.17) is 9.47 Å². The highest BCUT2D eigenvalue weighted by Crippen LogP contribution is 2.36. The standard InChI is InChI=1S/C16H14BrN3O2S/c1-21-12-8-7-10(14(17)15(12)22-2)9-18-20-16-19-11-5-3-4-6-13(11)23-16/h3-9H,1-2H3,(H,19,20)/b18-9-. The van der Waals surface area contributed by atoms with Crippen molar-refractivity contribution in [3.63, 3.8) is 0 Å². The zero-order chi connectivity index (χ0) is 16.2. The van der Waals surface area contributed by atoms with Gasteiger partial charge in [-0.1, -0.05) is 23.5 Å². The van der Waals surface area contributed by atoms with Gasteiger partial charge in [0.2, 0.25) is 5.13 Å². The molecule has 0 unspecified atom stereocenters. The van der Waals surface area contributed by atoms with E-state index in [-0.39, 0.29) is 0 Å². The smallest absolute Gasteiger partial charge is 0.204 e. The molecule has 0 amide bonds. The molecule has 5 nitrogen and oxygen atoms in total. The lowest BCUT2D eigenvalue weighted by atomic mass is 10.2. The molecule has 23 heavy (non-hydrogen) atoms. The Hall–Kier alpha value is -2.12. The summed E-state index contributed by atoms with van der Waals surface area (Å²) in [5.41, 5.74) is 4.79. The van der Waals surface area contributed by atoms with Crippen LogP contribution in [0.15, 0.2) is 46.0 Å². The second-order valence-electron chi connectivity index (χ2n) is 4.56. The van der Waals surface area contributed by atoms with Gasteiger partial charge in [-0.15, -0.1) is 0 Å². The van der Waals surface area contributed by atoms with Crippen LogP contribution in [0.3, 0.4) is 0 Å². The lowest BCUT2D eigenvalue weighted by Gasteiger charge is -2.10.